The first kappa shape index (κ1) is 22.8. The second-order valence-electron chi connectivity index (χ2n) is 8.30. The number of hydrogen-bond acceptors (Lipinski definition) is 5. The van der Waals surface area contributed by atoms with Gasteiger partial charge in [0.25, 0.3) is 0 Å². The lowest BCUT2D eigenvalue weighted by atomic mass is 9.98. The Morgan fingerprint density at radius 3 is 2.41 bits per heavy atom. The SMILES string of the molecule is COc1ccc2c(-c3ccc(OCCN4CCOCC4)cc3)c(C(Cl)c3ccccc3)oc2c1. The van der Waals surface area contributed by atoms with Gasteiger partial charge in [0.05, 0.1) is 20.3 Å². The van der Waals surface area contributed by atoms with E-state index in [-0.39, 0.29) is 0 Å². The number of hydrogen-bond donors (Lipinski definition) is 0. The lowest BCUT2D eigenvalue weighted by Gasteiger charge is -2.26. The van der Waals surface area contributed by atoms with E-state index in [0.29, 0.717) is 6.61 Å². The quantitative estimate of drug-likeness (QED) is 0.285. The summed E-state index contributed by atoms with van der Waals surface area (Å²) in [5.41, 5.74) is 3.75. The number of methoxy groups -OCH3 is 1. The van der Waals surface area contributed by atoms with Crippen LogP contribution in [0, 0.1) is 0 Å². The summed E-state index contributed by atoms with van der Waals surface area (Å²) in [4.78, 5) is 2.36. The molecule has 1 saturated heterocycles. The average Bonchev–Trinajstić information content (AvgIpc) is 3.28. The predicted octanol–water partition coefficient (Wildman–Crippen LogP) is 6.15. The van der Waals surface area contributed by atoms with E-state index in [4.69, 9.17) is 30.2 Å². The highest BCUT2D eigenvalue weighted by Crippen LogP contribution is 2.43. The van der Waals surface area contributed by atoms with Crippen molar-refractivity contribution in [3.05, 3.63) is 84.1 Å². The molecule has 1 unspecified atom stereocenters. The fourth-order valence-corrected chi connectivity index (χ4v) is 4.61. The monoisotopic (exact) mass is 477 g/mol. The summed E-state index contributed by atoms with van der Waals surface area (Å²) in [7, 11) is 1.65. The van der Waals surface area contributed by atoms with Crippen molar-refractivity contribution in [2.24, 2.45) is 0 Å². The van der Waals surface area contributed by atoms with Crippen molar-refractivity contribution in [3.63, 3.8) is 0 Å². The van der Waals surface area contributed by atoms with Crippen molar-refractivity contribution in [2.45, 2.75) is 5.38 Å². The van der Waals surface area contributed by atoms with E-state index >= 15 is 0 Å². The molecule has 4 aromatic rings. The molecule has 0 amide bonds. The molecule has 1 atom stereocenters. The Kier molecular flexibility index (Phi) is 7.05. The van der Waals surface area contributed by atoms with Crippen LogP contribution in [0.15, 0.2) is 77.2 Å². The third kappa shape index (κ3) is 4.92. The minimum Gasteiger partial charge on any atom is -0.497 e. The molecular formula is C28H28ClNO4. The zero-order valence-corrected chi connectivity index (χ0v) is 20.0. The Labute approximate surface area is 204 Å². The molecule has 3 aromatic carbocycles. The molecule has 0 saturated carbocycles. The first-order valence-electron chi connectivity index (χ1n) is 11.6. The van der Waals surface area contributed by atoms with Crippen molar-refractivity contribution in [1.29, 1.82) is 0 Å². The maximum atomic E-state index is 6.94. The lowest BCUT2D eigenvalue weighted by Crippen LogP contribution is -2.38. The van der Waals surface area contributed by atoms with Crippen LogP contribution in [0.2, 0.25) is 0 Å². The standard InChI is InChI=1S/C28H28ClNO4/c1-31-23-11-12-24-25(19-23)34-28(27(29)21-5-3-2-4-6-21)26(24)20-7-9-22(10-8-20)33-18-15-30-13-16-32-17-14-30/h2-12,19,27H,13-18H2,1H3. The molecule has 2 heterocycles. The molecule has 1 aliphatic heterocycles. The summed E-state index contributed by atoms with van der Waals surface area (Å²) >= 11 is 6.94. The maximum absolute atomic E-state index is 6.94. The largest absolute Gasteiger partial charge is 0.497 e. The fraction of sp³-hybridized carbons (Fsp3) is 0.286. The second-order valence-corrected chi connectivity index (χ2v) is 8.74. The van der Waals surface area contributed by atoms with E-state index in [0.717, 1.165) is 77.8 Å². The van der Waals surface area contributed by atoms with E-state index < -0.39 is 5.38 Å². The van der Waals surface area contributed by atoms with Crippen molar-refractivity contribution in [1.82, 2.24) is 4.90 Å². The topological polar surface area (TPSA) is 44.1 Å². The zero-order chi connectivity index (χ0) is 23.3. The van der Waals surface area contributed by atoms with Crippen molar-refractivity contribution >= 4 is 22.6 Å². The molecule has 176 valence electrons. The molecule has 6 heteroatoms. The maximum Gasteiger partial charge on any atom is 0.138 e. The van der Waals surface area contributed by atoms with Crippen LogP contribution in [0.1, 0.15) is 16.7 Å². The number of fused-ring (bicyclic) bond motifs is 1. The molecule has 0 bridgehead atoms. The van der Waals surface area contributed by atoms with Crippen LogP contribution in [-0.2, 0) is 4.74 Å². The molecule has 0 spiro atoms. The number of nitrogens with zero attached hydrogens (tertiary/aromatic N) is 1. The normalized spacial score (nSPS) is 15.4. The number of rotatable bonds is 8. The highest BCUT2D eigenvalue weighted by atomic mass is 35.5. The van der Waals surface area contributed by atoms with Crippen LogP contribution in [0.25, 0.3) is 22.1 Å². The molecule has 1 aromatic heterocycles. The van der Waals surface area contributed by atoms with E-state index in [1.54, 1.807) is 7.11 Å². The van der Waals surface area contributed by atoms with Gasteiger partial charge < -0.3 is 18.6 Å². The van der Waals surface area contributed by atoms with Crippen LogP contribution in [0.4, 0.5) is 0 Å². The van der Waals surface area contributed by atoms with Gasteiger partial charge >= 0.3 is 0 Å². The minimum atomic E-state index is -0.418. The van der Waals surface area contributed by atoms with Crippen molar-refractivity contribution in [3.8, 4) is 22.6 Å². The Morgan fingerprint density at radius 2 is 1.68 bits per heavy atom. The van der Waals surface area contributed by atoms with Gasteiger partial charge in [-0.15, -0.1) is 11.6 Å². The van der Waals surface area contributed by atoms with Gasteiger partial charge in [0.2, 0.25) is 0 Å². The fourth-order valence-electron chi connectivity index (χ4n) is 4.31. The van der Waals surface area contributed by atoms with E-state index in [1.807, 2.05) is 60.7 Å². The number of halogens is 1. The predicted molar refractivity (Wildman–Crippen MR) is 135 cm³/mol. The van der Waals surface area contributed by atoms with Gasteiger partial charge in [0.1, 0.15) is 34.8 Å². The molecule has 1 aliphatic rings. The molecule has 34 heavy (non-hydrogen) atoms. The van der Waals surface area contributed by atoms with Gasteiger partial charge in [-0.2, -0.15) is 0 Å². The van der Waals surface area contributed by atoms with E-state index in [9.17, 15) is 0 Å². The van der Waals surface area contributed by atoms with Gasteiger partial charge in [-0.05, 0) is 35.4 Å². The summed E-state index contributed by atoms with van der Waals surface area (Å²) in [5, 5.41) is 0.581. The first-order valence-corrected chi connectivity index (χ1v) is 12.0. The highest BCUT2D eigenvalue weighted by molar-refractivity contribution is 6.23. The number of alkyl halides is 1. The van der Waals surface area contributed by atoms with Gasteiger partial charge in [-0.3, -0.25) is 4.90 Å². The molecule has 5 rings (SSSR count). The van der Waals surface area contributed by atoms with Crippen LogP contribution < -0.4 is 9.47 Å². The third-order valence-corrected chi connectivity index (χ3v) is 6.62. The Bertz CT molecular complexity index is 1220. The summed E-state index contributed by atoms with van der Waals surface area (Å²) in [6, 6.07) is 24.0. The van der Waals surface area contributed by atoms with Gasteiger partial charge in [-0.1, -0.05) is 42.5 Å². The van der Waals surface area contributed by atoms with Gasteiger partial charge in [-0.25, -0.2) is 0 Å². The van der Waals surface area contributed by atoms with Crippen molar-refractivity contribution in [2.75, 3.05) is 46.6 Å². The Morgan fingerprint density at radius 1 is 0.941 bits per heavy atom. The summed E-state index contributed by atoms with van der Waals surface area (Å²) in [6.45, 7) is 5.07. The minimum absolute atomic E-state index is 0.418. The van der Waals surface area contributed by atoms with Crippen molar-refractivity contribution < 1.29 is 18.6 Å². The summed E-state index contributed by atoms with van der Waals surface area (Å²) in [5.74, 6) is 2.31. The van der Waals surface area contributed by atoms with E-state index in [1.165, 1.54) is 0 Å². The Balaban J connectivity index is 1.42. The third-order valence-electron chi connectivity index (χ3n) is 6.17. The first-order chi connectivity index (χ1) is 16.7. The van der Waals surface area contributed by atoms with Gasteiger partial charge in [0, 0.05) is 36.7 Å². The smallest absolute Gasteiger partial charge is 0.138 e. The molecule has 0 N–H and O–H groups in total. The zero-order valence-electron chi connectivity index (χ0n) is 19.2. The number of ether oxygens (including phenoxy) is 3. The summed E-state index contributed by atoms with van der Waals surface area (Å²) < 4.78 is 23.1. The molecular weight excluding hydrogens is 450 g/mol. The lowest BCUT2D eigenvalue weighted by molar-refractivity contribution is 0.0322. The highest BCUT2D eigenvalue weighted by Gasteiger charge is 2.24. The summed E-state index contributed by atoms with van der Waals surface area (Å²) in [6.07, 6.45) is 0. The molecule has 1 fully saturated rings. The average molecular weight is 478 g/mol. The molecule has 0 aliphatic carbocycles. The number of morpholine rings is 1. The van der Waals surface area contributed by atoms with Crippen LogP contribution >= 0.6 is 11.6 Å². The van der Waals surface area contributed by atoms with Crippen LogP contribution in [-0.4, -0.2) is 51.5 Å². The second kappa shape index (κ2) is 10.5. The Hall–Kier alpha value is -2.99. The number of furan rings is 1. The van der Waals surface area contributed by atoms with Gasteiger partial charge in [0.15, 0.2) is 0 Å². The molecule has 5 nitrogen and oxygen atoms in total. The molecule has 0 radical (unpaired) electrons. The van der Waals surface area contributed by atoms with Crippen LogP contribution in [0.3, 0.4) is 0 Å². The number of benzene rings is 3. The van der Waals surface area contributed by atoms with E-state index in [2.05, 4.69) is 17.0 Å². The van der Waals surface area contributed by atoms with Crippen LogP contribution in [0.5, 0.6) is 11.5 Å².